The van der Waals surface area contributed by atoms with E-state index >= 15 is 0 Å². The zero-order chi connectivity index (χ0) is 25.4. The van der Waals surface area contributed by atoms with Crippen molar-refractivity contribution in [2.45, 2.75) is 89.4 Å². The number of likely N-dealkylation sites (tertiary alicyclic amines) is 1. The molecule has 37 heavy (non-hydrogen) atoms. The third-order valence-electron chi connectivity index (χ3n) is 9.01. The maximum atomic E-state index is 13.5. The van der Waals surface area contributed by atoms with Gasteiger partial charge < -0.3 is 19.5 Å². The maximum absolute atomic E-state index is 13.5. The standard InChI is InChI=1S/C29H40N4O4/c1-19-3-2-11-30-28(19)37-23-6-4-20(5-7-23)8-14-33-25-18-21-17-24(21)26(25)27(31-33)29(35)32-12-9-22(10-13-32)36-16-15-34/h2-3,11,20-24,34H,4-10,12-18H2,1H3/t20-,21-,23+,24-/m1/s1. The van der Waals surface area contributed by atoms with Crippen LogP contribution in [-0.4, -0.2) is 69.2 Å². The van der Waals surface area contributed by atoms with Crippen molar-refractivity contribution < 1.29 is 19.4 Å². The van der Waals surface area contributed by atoms with E-state index in [0.717, 1.165) is 68.1 Å². The molecule has 0 radical (unpaired) electrons. The molecule has 200 valence electrons. The van der Waals surface area contributed by atoms with Gasteiger partial charge >= 0.3 is 0 Å². The van der Waals surface area contributed by atoms with Crippen LogP contribution in [0.4, 0.5) is 0 Å². The van der Waals surface area contributed by atoms with Gasteiger partial charge in [-0.15, -0.1) is 0 Å². The molecule has 3 fully saturated rings. The molecule has 1 amide bonds. The number of carbonyl (C=O) groups excluding carboxylic acids is 1. The average molecular weight is 509 g/mol. The lowest BCUT2D eigenvalue weighted by Gasteiger charge is -2.31. The zero-order valence-corrected chi connectivity index (χ0v) is 22.0. The van der Waals surface area contributed by atoms with Gasteiger partial charge in [0.25, 0.3) is 5.91 Å². The lowest BCUT2D eigenvalue weighted by Crippen LogP contribution is -2.41. The topological polar surface area (TPSA) is 89.7 Å². The number of fused-ring (bicyclic) bond motifs is 3. The molecule has 2 atom stereocenters. The molecular formula is C29H40N4O4. The summed E-state index contributed by atoms with van der Waals surface area (Å²) in [6.07, 6.45) is 11.8. The highest BCUT2D eigenvalue weighted by molar-refractivity contribution is 5.94. The van der Waals surface area contributed by atoms with Gasteiger partial charge in [-0.25, -0.2) is 4.98 Å². The van der Waals surface area contributed by atoms with Crippen LogP contribution in [0, 0.1) is 18.8 Å². The number of amides is 1. The second kappa shape index (κ2) is 10.7. The molecule has 1 N–H and O–H groups in total. The molecule has 2 saturated carbocycles. The SMILES string of the molecule is Cc1cccnc1O[C@H]1CC[C@@H](CCn2nc(C(=O)N3CCC(OCCO)CC3)c3c2C[C@H]2C[C@@H]32)CC1. The van der Waals surface area contributed by atoms with Crippen LogP contribution in [0.25, 0.3) is 0 Å². The van der Waals surface area contributed by atoms with Crippen LogP contribution in [0.3, 0.4) is 0 Å². The molecular weight excluding hydrogens is 468 g/mol. The molecule has 0 unspecified atom stereocenters. The third kappa shape index (κ3) is 5.28. The Morgan fingerprint density at radius 1 is 1.14 bits per heavy atom. The van der Waals surface area contributed by atoms with Crippen molar-refractivity contribution in [1.29, 1.82) is 0 Å². The molecule has 4 aliphatic rings. The molecule has 6 rings (SSSR count). The number of aliphatic hydroxyl groups is 1. The summed E-state index contributed by atoms with van der Waals surface area (Å²) in [6.45, 7) is 4.78. The number of aliphatic hydroxyl groups excluding tert-OH is 1. The van der Waals surface area contributed by atoms with Gasteiger partial charge in [-0.2, -0.15) is 5.10 Å². The van der Waals surface area contributed by atoms with Gasteiger partial charge in [0.2, 0.25) is 5.88 Å². The molecule has 2 aromatic rings. The summed E-state index contributed by atoms with van der Waals surface area (Å²) in [7, 11) is 0. The van der Waals surface area contributed by atoms with Crippen molar-refractivity contribution in [2.24, 2.45) is 11.8 Å². The Bertz CT molecular complexity index is 1100. The molecule has 8 heteroatoms. The van der Waals surface area contributed by atoms with Crippen molar-refractivity contribution in [3.8, 4) is 5.88 Å². The Kier molecular flexibility index (Phi) is 7.21. The van der Waals surface area contributed by atoms with Crippen molar-refractivity contribution in [3.63, 3.8) is 0 Å². The minimum atomic E-state index is 0.0470. The van der Waals surface area contributed by atoms with E-state index in [2.05, 4.69) is 22.7 Å². The molecule has 3 aliphatic carbocycles. The van der Waals surface area contributed by atoms with Crippen molar-refractivity contribution in [3.05, 3.63) is 40.8 Å². The minimum Gasteiger partial charge on any atom is -0.474 e. The monoisotopic (exact) mass is 508 g/mol. The summed E-state index contributed by atoms with van der Waals surface area (Å²) >= 11 is 0. The molecule has 2 aromatic heterocycles. The van der Waals surface area contributed by atoms with Crippen LogP contribution < -0.4 is 4.74 Å². The van der Waals surface area contributed by atoms with Crippen LogP contribution in [0.1, 0.15) is 84.6 Å². The number of ether oxygens (including phenoxy) is 2. The van der Waals surface area contributed by atoms with E-state index in [1.807, 2.05) is 11.0 Å². The zero-order valence-electron chi connectivity index (χ0n) is 22.0. The molecule has 3 heterocycles. The van der Waals surface area contributed by atoms with Gasteiger partial charge in [-0.3, -0.25) is 9.48 Å². The molecule has 8 nitrogen and oxygen atoms in total. The summed E-state index contributed by atoms with van der Waals surface area (Å²) in [5.41, 5.74) is 4.41. The quantitative estimate of drug-likeness (QED) is 0.553. The highest BCUT2D eigenvalue weighted by Crippen LogP contribution is 2.57. The van der Waals surface area contributed by atoms with Gasteiger partial charge in [0.1, 0.15) is 6.10 Å². The number of nitrogens with zero attached hydrogens (tertiary/aromatic N) is 4. The van der Waals surface area contributed by atoms with Gasteiger partial charge in [-0.05, 0) is 88.5 Å². The molecule has 0 bridgehead atoms. The Morgan fingerprint density at radius 3 is 2.70 bits per heavy atom. The predicted octanol–water partition coefficient (Wildman–Crippen LogP) is 3.89. The average Bonchev–Trinajstić information content (AvgIpc) is 3.44. The van der Waals surface area contributed by atoms with E-state index < -0.39 is 0 Å². The summed E-state index contributed by atoms with van der Waals surface area (Å²) in [5, 5.41) is 13.9. The van der Waals surface area contributed by atoms with Crippen LogP contribution in [0.2, 0.25) is 0 Å². The van der Waals surface area contributed by atoms with E-state index in [9.17, 15) is 4.79 Å². The van der Waals surface area contributed by atoms with E-state index in [1.165, 1.54) is 30.5 Å². The fourth-order valence-corrected chi connectivity index (χ4v) is 6.72. The molecule has 1 saturated heterocycles. The number of aromatic nitrogens is 3. The van der Waals surface area contributed by atoms with E-state index in [4.69, 9.17) is 19.7 Å². The highest BCUT2D eigenvalue weighted by Gasteiger charge is 2.50. The van der Waals surface area contributed by atoms with Gasteiger partial charge in [0, 0.05) is 42.7 Å². The summed E-state index contributed by atoms with van der Waals surface area (Å²) in [4.78, 5) is 19.9. The van der Waals surface area contributed by atoms with E-state index in [1.54, 1.807) is 6.20 Å². The first-order valence-corrected chi connectivity index (χ1v) is 14.3. The van der Waals surface area contributed by atoms with Gasteiger partial charge in [0.15, 0.2) is 5.69 Å². The van der Waals surface area contributed by atoms with E-state index in [0.29, 0.717) is 31.5 Å². The predicted molar refractivity (Wildman–Crippen MR) is 139 cm³/mol. The lowest BCUT2D eigenvalue weighted by molar-refractivity contribution is -0.00568. The molecule has 1 aliphatic heterocycles. The number of rotatable bonds is 9. The Morgan fingerprint density at radius 2 is 1.95 bits per heavy atom. The number of aryl methyl sites for hydroxylation is 2. The van der Waals surface area contributed by atoms with Crippen molar-refractivity contribution in [2.75, 3.05) is 26.3 Å². The summed E-state index contributed by atoms with van der Waals surface area (Å²) in [6, 6.07) is 4.00. The van der Waals surface area contributed by atoms with Gasteiger partial charge in [0.05, 0.1) is 19.3 Å². The fourth-order valence-electron chi connectivity index (χ4n) is 6.72. The number of carbonyl (C=O) groups is 1. The number of hydrogen-bond acceptors (Lipinski definition) is 6. The highest BCUT2D eigenvalue weighted by atomic mass is 16.5. The van der Waals surface area contributed by atoms with Crippen LogP contribution in [0.5, 0.6) is 5.88 Å². The van der Waals surface area contributed by atoms with Gasteiger partial charge in [-0.1, -0.05) is 6.07 Å². The Balaban J connectivity index is 1.04. The third-order valence-corrected chi connectivity index (χ3v) is 9.01. The van der Waals surface area contributed by atoms with Crippen molar-refractivity contribution >= 4 is 5.91 Å². The van der Waals surface area contributed by atoms with E-state index in [-0.39, 0.29) is 24.7 Å². The smallest absolute Gasteiger partial charge is 0.274 e. The molecule has 0 spiro atoms. The number of hydrogen-bond donors (Lipinski definition) is 1. The van der Waals surface area contributed by atoms with Crippen molar-refractivity contribution in [1.82, 2.24) is 19.7 Å². The first-order valence-electron chi connectivity index (χ1n) is 14.3. The second-order valence-electron chi connectivity index (χ2n) is 11.5. The van der Waals surface area contributed by atoms with Crippen LogP contribution >= 0.6 is 0 Å². The lowest BCUT2D eigenvalue weighted by atomic mass is 9.85. The summed E-state index contributed by atoms with van der Waals surface area (Å²) in [5.74, 6) is 2.83. The first kappa shape index (κ1) is 24.9. The Labute approximate surface area is 219 Å². The largest absolute Gasteiger partial charge is 0.474 e. The number of pyridine rings is 1. The fraction of sp³-hybridized carbons (Fsp3) is 0.690. The first-order chi connectivity index (χ1) is 18.1. The minimum absolute atomic E-state index is 0.0470. The Hall–Kier alpha value is -2.45. The molecule has 0 aromatic carbocycles. The van der Waals surface area contributed by atoms with Crippen LogP contribution in [-0.2, 0) is 17.7 Å². The maximum Gasteiger partial charge on any atom is 0.274 e. The number of piperidine rings is 1. The van der Waals surface area contributed by atoms with Crippen LogP contribution in [0.15, 0.2) is 18.3 Å². The summed E-state index contributed by atoms with van der Waals surface area (Å²) < 4.78 is 14.1. The normalized spacial score (nSPS) is 27.1. The second-order valence-corrected chi connectivity index (χ2v) is 11.5.